The second kappa shape index (κ2) is 4.51. The Morgan fingerprint density at radius 1 is 1.44 bits per heavy atom. The summed E-state index contributed by atoms with van der Waals surface area (Å²) in [5, 5.41) is 9.33. The molecule has 16 heavy (non-hydrogen) atoms. The van der Waals surface area contributed by atoms with Crippen molar-refractivity contribution in [3.8, 4) is 6.07 Å². The first kappa shape index (κ1) is 11.5. The summed E-state index contributed by atoms with van der Waals surface area (Å²) in [4.78, 5) is 1.26. The molecule has 84 valence electrons. The lowest BCUT2D eigenvalue weighted by Gasteiger charge is -2.41. The van der Waals surface area contributed by atoms with Gasteiger partial charge >= 0.3 is 0 Å². The smallest absolute Gasteiger partial charge is 0.108 e. The van der Waals surface area contributed by atoms with Gasteiger partial charge in [-0.05, 0) is 37.3 Å². The van der Waals surface area contributed by atoms with E-state index in [-0.39, 0.29) is 4.75 Å². The molecule has 0 atom stereocenters. The summed E-state index contributed by atoms with van der Waals surface area (Å²) < 4.78 is -0.146. The van der Waals surface area contributed by atoms with Gasteiger partial charge in [-0.1, -0.05) is 31.5 Å². The van der Waals surface area contributed by atoms with E-state index in [9.17, 15) is 5.26 Å². The van der Waals surface area contributed by atoms with Crippen LogP contribution in [-0.2, 0) is 0 Å². The summed E-state index contributed by atoms with van der Waals surface area (Å²) in [6, 6.07) is 10.9. The molecule has 0 unspecified atom stereocenters. The summed E-state index contributed by atoms with van der Waals surface area (Å²) in [6.07, 6.45) is 3.32. The Labute approximate surface area is 102 Å². The largest absolute Gasteiger partial charge is 0.197 e. The van der Waals surface area contributed by atoms with Crippen molar-refractivity contribution >= 4 is 11.8 Å². The molecule has 0 heterocycles. The third kappa shape index (κ3) is 2.10. The predicted molar refractivity (Wildman–Crippen MR) is 68.4 cm³/mol. The van der Waals surface area contributed by atoms with Crippen molar-refractivity contribution in [1.82, 2.24) is 0 Å². The van der Waals surface area contributed by atoms with Gasteiger partial charge in [0.1, 0.15) is 4.75 Å². The Bertz CT molecular complexity index is 413. The molecule has 0 radical (unpaired) electrons. The Hall–Kier alpha value is -0.940. The highest BCUT2D eigenvalue weighted by molar-refractivity contribution is 8.01. The van der Waals surface area contributed by atoms with Crippen molar-refractivity contribution in [1.29, 1.82) is 5.26 Å². The van der Waals surface area contributed by atoms with E-state index in [4.69, 9.17) is 0 Å². The maximum Gasteiger partial charge on any atom is 0.108 e. The molecular formula is C14H17NS. The standard InChI is InChI=1S/C14H17NS/c1-3-12-8-14(9-12,10-15)16-13-7-5-4-6-11(13)2/h4-7,12H,3,8-9H2,1-2H3. The van der Waals surface area contributed by atoms with E-state index in [1.54, 1.807) is 11.8 Å². The zero-order valence-corrected chi connectivity index (χ0v) is 10.7. The molecule has 0 spiro atoms. The van der Waals surface area contributed by atoms with Gasteiger partial charge in [-0.25, -0.2) is 0 Å². The SMILES string of the molecule is CCC1CC(C#N)(Sc2ccccc2C)C1. The monoisotopic (exact) mass is 231 g/mol. The molecule has 0 aromatic heterocycles. The number of hydrogen-bond donors (Lipinski definition) is 0. The van der Waals surface area contributed by atoms with Crippen LogP contribution in [0.4, 0.5) is 0 Å². The molecule has 0 bridgehead atoms. The summed E-state index contributed by atoms with van der Waals surface area (Å²) in [5.74, 6) is 0.760. The number of rotatable bonds is 3. The third-order valence-corrected chi connectivity index (χ3v) is 4.91. The molecule has 1 aliphatic carbocycles. The van der Waals surface area contributed by atoms with Crippen LogP contribution in [0.2, 0.25) is 0 Å². The van der Waals surface area contributed by atoms with Gasteiger partial charge in [-0.3, -0.25) is 0 Å². The zero-order valence-electron chi connectivity index (χ0n) is 9.86. The lowest BCUT2D eigenvalue weighted by atomic mass is 9.73. The van der Waals surface area contributed by atoms with Crippen LogP contribution in [0.25, 0.3) is 0 Å². The van der Waals surface area contributed by atoms with Gasteiger partial charge < -0.3 is 0 Å². The van der Waals surface area contributed by atoms with Crippen molar-refractivity contribution in [2.75, 3.05) is 0 Å². The number of nitrogens with zero attached hydrogens (tertiary/aromatic N) is 1. The van der Waals surface area contributed by atoms with E-state index in [0.717, 1.165) is 18.8 Å². The van der Waals surface area contributed by atoms with Crippen LogP contribution < -0.4 is 0 Å². The second-order valence-electron chi connectivity index (χ2n) is 4.66. The molecule has 1 saturated carbocycles. The molecule has 1 aromatic carbocycles. The molecule has 1 fully saturated rings. The topological polar surface area (TPSA) is 23.8 Å². The Morgan fingerprint density at radius 2 is 2.12 bits per heavy atom. The van der Waals surface area contributed by atoms with Crippen LogP contribution in [0.1, 0.15) is 31.7 Å². The molecule has 2 rings (SSSR count). The highest BCUT2D eigenvalue weighted by Gasteiger charge is 2.44. The average Bonchev–Trinajstić information content (AvgIpc) is 2.25. The van der Waals surface area contributed by atoms with Crippen molar-refractivity contribution in [2.24, 2.45) is 5.92 Å². The summed E-state index contributed by atoms with van der Waals surface area (Å²) >= 11 is 1.76. The molecule has 1 nitrogen and oxygen atoms in total. The summed E-state index contributed by atoms with van der Waals surface area (Å²) in [7, 11) is 0. The fourth-order valence-electron chi connectivity index (χ4n) is 2.24. The quantitative estimate of drug-likeness (QED) is 0.779. The van der Waals surface area contributed by atoms with E-state index in [2.05, 4.69) is 38.1 Å². The molecular weight excluding hydrogens is 214 g/mol. The van der Waals surface area contributed by atoms with Gasteiger partial charge in [-0.2, -0.15) is 5.26 Å². The fourth-order valence-corrected chi connectivity index (χ4v) is 3.72. The van der Waals surface area contributed by atoms with E-state index < -0.39 is 0 Å². The highest BCUT2D eigenvalue weighted by Crippen LogP contribution is 2.51. The number of nitriles is 1. The zero-order chi connectivity index (χ0) is 11.6. The third-order valence-electron chi connectivity index (χ3n) is 3.42. The minimum atomic E-state index is -0.146. The molecule has 2 heteroatoms. The van der Waals surface area contributed by atoms with E-state index in [1.807, 2.05) is 6.07 Å². The van der Waals surface area contributed by atoms with Gasteiger partial charge in [0.2, 0.25) is 0 Å². The maximum atomic E-state index is 9.33. The normalized spacial score (nSPS) is 28.2. The van der Waals surface area contributed by atoms with Gasteiger partial charge in [0, 0.05) is 4.90 Å². The van der Waals surface area contributed by atoms with Crippen LogP contribution in [0.15, 0.2) is 29.2 Å². The Kier molecular flexibility index (Phi) is 3.25. The second-order valence-corrected chi connectivity index (χ2v) is 6.08. The van der Waals surface area contributed by atoms with Crippen LogP contribution >= 0.6 is 11.8 Å². The highest BCUT2D eigenvalue weighted by atomic mass is 32.2. The first-order chi connectivity index (χ1) is 7.69. The van der Waals surface area contributed by atoms with Crippen molar-refractivity contribution in [3.05, 3.63) is 29.8 Å². The molecule has 1 aromatic rings. The van der Waals surface area contributed by atoms with Crippen molar-refractivity contribution < 1.29 is 0 Å². The van der Waals surface area contributed by atoms with Crippen LogP contribution in [0.5, 0.6) is 0 Å². The Morgan fingerprint density at radius 3 is 2.69 bits per heavy atom. The summed E-state index contributed by atoms with van der Waals surface area (Å²) in [6.45, 7) is 4.33. The van der Waals surface area contributed by atoms with Gasteiger partial charge in [0.05, 0.1) is 6.07 Å². The lowest BCUT2D eigenvalue weighted by molar-refractivity contribution is 0.269. The molecule has 0 aliphatic heterocycles. The molecule has 1 aliphatic rings. The molecule has 0 amide bonds. The summed E-state index contributed by atoms with van der Waals surface area (Å²) in [5.41, 5.74) is 1.28. The number of aryl methyl sites for hydroxylation is 1. The maximum absolute atomic E-state index is 9.33. The average molecular weight is 231 g/mol. The van der Waals surface area contributed by atoms with Gasteiger partial charge in [0.25, 0.3) is 0 Å². The van der Waals surface area contributed by atoms with E-state index in [1.165, 1.54) is 16.9 Å². The first-order valence-corrected chi connectivity index (χ1v) is 6.66. The van der Waals surface area contributed by atoms with Crippen molar-refractivity contribution in [2.45, 2.75) is 42.8 Å². The van der Waals surface area contributed by atoms with Crippen molar-refractivity contribution in [3.63, 3.8) is 0 Å². The van der Waals surface area contributed by atoms with E-state index >= 15 is 0 Å². The minimum Gasteiger partial charge on any atom is -0.197 e. The van der Waals surface area contributed by atoms with Crippen LogP contribution in [-0.4, -0.2) is 4.75 Å². The molecule has 0 saturated heterocycles. The van der Waals surface area contributed by atoms with Crippen LogP contribution in [0.3, 0.4) is 0 Å². The number of thioether (sulfide) groups is 1. The lowest BCUT2D eigenvalue weighted by Crippen LogP contribution is -2.39. The predicted octanol–water partition coefficient (Wildman–Crippen LogP) is 4.17. The fraction of sp³-hybridized carbons (Fsp3) is 0.500. The number of benzene rings is 1. The van der Waals surface area contributed by atoms with E-state index in [0.29, 0.717) is 0 Å². The van der Waals surface area contributed by atoms with Gasteiger partial charge in [-0.15, -0.1) is 11.8 Å². The van der Waals surface area contributed by atoms with Gasteiger partial charge in [0.15, 0.2) is 0 Å². The van der Waals surface area contributed by atoms with Crippen LogP contribution in [0, 0.1) is 24.2 Å². The molecule has 0 N–H and O–H groups in total. The minimum absolute atomic E-state index is 0.146. The number of hydrogen-bond acceptors (Lipinski definition) is 2. The Balaban J connectivity index is 2.10. The first-order valence-electron chi connectivity index (χ1n) is 5.85.